The lowest BCUT2D eigenvalue weighted by Gasteiger charge is -2.32. The molecule has 1 fully saturated rings. The van der Waals surface area contributed by atoms with Crippen LogP contribution >= 0.6 is 0 Å². The average Bonchev–Trinajstić information content (AvgIpc) is 2.25. The van der Waals surface area contributed by atoms with Crippen molar-refractivity contribution in [2.24, 2.45) is 0 Å². The van der Waals surface area contributed by atoms with E-state index in [2.05, 4.69) is 10.6 Å². The fourth-order valence-corrected chi connectivity index (χ4v) is 1.98. The third-order valence-electron chi connectivity index (χ3n) is 3.00. The minimum Gasteiger partial charge on any atom is -0.388 e. The van der Waals surface area contributed by atoms with E-state index in [0.717, 1.165) is 25.7 Å². The lowest BCUT2D eigenvalue weighted by molar-refractivity contribution is -0.122. The highest BCUT2D eigenvalue weighted by molar-refractivity contribution is 5.76. The number of aliphatic hydroxyl groups is 1. The van der Waals surface area contributed by atoms with Crippen LogP contribution in [0.15, 0.2) is 0 Å². The molecule has 88 valence electrons. The number of nitrogens with one attached hydrogen (secondary N) is 2. The lowest BCUT2D eigenvalue weighted by Crippen LogP contribution is -2.44. The Bertz CT molecular complexity index is 201. The number of carbonyl (C=O) groups excluding carboxylic acids is 1. The van der Waals surface area contributed by atoms with E-state index >= 15 is 0 Å². The smallest absolute Gasteiger partial charge is 0.221 e. The second kappa shape index (κ2) is 6.08. The fraction of sp³-hybridized carbons (Fsp3) is 0.909. The van der Waals surface area contributed by atoms with Crippen molar-refractivity contribution in [1.29, 1.82) is 0 Å². The summed E-state index contributed by atoms with van der Waals surface area (Å²) < 4.78 is 0. The predicted molar refractivity (Wildman–Crippen MR) is 59.6 cm³/mol. The molecule has 1 aliphatic rings. The summed E-state index contributed by atoms with van der Waals surface area (Å²) in [5, 5.41) is 15.8. The molecule has 0 radical (unpaired) electrons. The van der Waals surface area contributed by atoms with Crippen molar-refractivity contribution in [1.82, 2.24) is 10.6 Å². The maximum absolute atomic E-state index is 11.3. The summed E-state index contributed by atoms with van der Waals surface area (Å²) in [5.74, 6) is 0.0170. The summed E-state index contributed by atoms with van der Waals surface area (Å²) in [5.41, 5.74) is -0.645. The van der Waals surface area contributed by atoms with Crippen molar-refractivity contribution >= 4 is 5.91 Å². The molecule has 0 bridgehead atoms. The van der Waals surface area contributed by atoms with Gasteiger partial charge in [-0.3, -0.25) is 4.79 Å². The highest BCUT2D eigenvalue weighted by atomic mass is 16.3. The molecular formula is C11H22N2O2. The zero-order valence-electron chi connectivity index (χ0n) is 9.51. The lowest BCUT2D eigenvalue weighted by atomic mass is 9.85. The fourth-order valence-electron chi connectivity index (χ4n) is 1.98. The van der Waals surface area contributed by atoms with Crippen molar-refractivity contribution in [3.8, 4) is 0 Å². The van der Waals surface area contributed by atoms with Crippen molar-refractivity contribution in [3.05, 3.63) is 0 Å². The van der Waals surface area contributed by atoms with Gasteiger partial charge in [-0.05, 0) is 19.9 Å². The molecule has 3 N–H and O–H groups in total. The molecule has 0 spiro atoms. The Hall–Kier alpha value is -0.610. The van der Waals surface area contributed by atoms with Crippen LogP contribution in [0.25, 0.3) is 0 Å². The quantitative estimate of drug-likeness (QED) is 0.621. The van der Waals surface area contributed by atoms with E-state index in [4.69, 9.17) is 0 Å². The molecule has 0 aromatic heterocycles. The Morgan fingerprint density at radius 1 is 1.33 bits per heavy atom. The summed E-state index contributed by atoms with van der Waals surface area (Å²) in [6.45, 7) is 1.10. The first kappa shape index (κ1) is 12.5. The number of amides is 1. The molecule has 15 heavy (non-hydrogen) atoms. The molecule has 1 rings (SSSR count). The second-order valence-electron chi connectivity index (χ2n) is 4.42. The van der Waals surface area contributed by atoms with Crippen molar-refractivity contribution in [2.75, 3.05) is 20.1 Å². The van der Waals surface area contributed by atoms with Crippen LogP contribution in [0.1, 0.15) is 38.5 Å². The third-order valence-corrected chi connectivity index (χ3v) is 3.00. The molecule has 0 atom stereocenters. The van der Waals surface area contributed by atoms with Crippen LogP contribution in [0.3, 0.4) is 0 Å². The van der Waals surface area contributed by atoms with Gasteiger partial charge in [0.05, 0.1) is 5.60 Å². The van der Waals surface area contributed by atoms with Gasteiger partial charge in [0.1, 0.15) is 0 Å². The molecule has 4 nitrogen and oxygen atoms in total. The van der Waals surface area contributed by atoms with Gasteiger partial charge >= 0.3 is 0 Å². The van der Waals surface area contributed by atoms with E-state index in [1.54, 1.807) is 0 Å². The largest absolute Gasteiger partial charge is 0.388 e. The van der Waals surface area contributed by atoms with E-state index in [9.17, 15) is 9.90 Å². The first-order chi connectivity index (χ1) is 7.16. The highest BCUT2D eigenvalue weighted by Gasteiger charge is 2.29. The molecular weight excluding hydrogens is 192 g/mol. The Labute approximate surface area is 91.4 Å². The SMILES string of the molecule is CNCCC(=O)NCC1(O)CCCCC1. The zero-order valence-corrected chi connectivity index (χ0v) is 9.51. The van der Waals surface area contributed by atoms with Gasteiger partial charge in [-0.15, -0.1) is 0 Å². The number of rotatable bonds is 5. The molecule has 0 heterocycles. The van der Waals surface area contributed by atoms with E-state index in [1.165, 1.54) is 6.42 Å². The van der Waals surface area contributed by atoms with Gasteiger partial charge in [0.15, 0.2) is 0 Å². The summed E-state index contributed by atoms with van der Waals surface area (Å²) in [4.78, 5) is 11.3. The second-order valence-corrected chi connectivity index (χ2v) is 4.42. The van der Waals surface area contributed by atoms with Gasteiger partial charge in [-0.2, -0.15) is 0 Å². The van der Waals surface area contributed by atoms with Gasteiger partial charge < -0.3 is 15.7 Å². The maximum Gasteiger partial charge on any atom is 0.221 e. The first-order valence-electron chi connectivity index (χ1n) is 5.80. The maximum atomic E-state index is 11.3. The zero-order chi connectivity index (χ0) is 11.1. The molecule has 0 aliphatic heterocycles. The van der Waals surface area contributed by atoms with Crippen LogP contribution in [0.5, 0.6) is 0 Å². The molecule has 0 aromatic carbocycles. The molecule has 1 aliphatic carbocycles. The Morgan fingerprint density at radius 3 is 2.60 bits per heavy atom. The van der Waals surface area contributed by atoms with E-state index in [-0.39, 0.29) is 5.91 Å². The van der Waals surface area contributed by atoms with Crippen LogP contribution in [0, 0.1) is 0 Å². The molecule has 1 amide bonds. The summed E-state index contributed by atoms with van der Waals surface area (Å²) in [7, 11) is 1.82. The van der Waals surface area contributed by atoms with Crippen molar-refractivity contribution in [2.45, 2.75) is 44.1 Å². The normalized spacial score (nSPS) is 19.9. The van der Waals surface area contributed by atoms with Crippen LogP contribution in [0.4, 0.5) is 0 Å². The Balaban J connectivity index is 2.19. The number of hydrogen-bond donors (Lipinski definition) is 3. The summed E-state index contributed by atoms with van der Waals surface area (Å²) >= 11 is 0. The van der Waals surface area contributed by atoms with Gasteiger partial charge in [0.2, 0.25) is 5.91 Å². The Kier molecular flexibility index (Phi) is 5.05. The van der Waals surface area contributed by atoms with Crippen LogP contribution in [0.2, 0.25) is 0 Å². The monoisotopic (exact) mass is 214 g/mol. The molecule has 0 saturated heterocycles. The van der Waals surface area contributed by atoms with Gasteiger partial charge in [-0.1, -0.05) is 19.3 Å². The van der Waals surface area contributed by atoms with Crippen LogP contribution in [-0.4, -0.2) is 36.8 Å². The van der Waals surface area contributed by atoms with Gasteiger partial charge in [-0.25, -0.2) is 0 Å². The highest BCUT2D eigenvalue weighted by Crippen LogP contribution is 2.27. The average molecular weight is 214 g/mol. The molecule has 4 heteroatoms. The van der Waals surface area contributed by atoms with E-state index in [0.29, 0.717) is 19.5 Å². The topological polar surface area (TPSA) is 61.4 Å². The summed E-state index contributed by atoms with van der Waals surface area (Å²) in [6.07, 6.45) is 5.47. The molecule has 0 aromatic rings. The number of carbonyl (C=O) groups is 1. The first-order valence-corrected chi connectivity index (χ1v) is 5.80. The molecule has 0 unspecified atom stereocenters. The van der Waals surface area contributed by atoms with Crippen LogP contribution < -0.4 is 10.6 Å². The van der Waals surface area contributed by atoms with Gasteiger partial charge in [0.25, 0.3) is 0 Å². The minimum atomic E-state index is -0.645. The van der Waals surface area contributed by atoms with E-state index < -0.39 is 5.60 Å². The molecule has 1 saturated carbocycles. The predicted octanol–water partition coefficient (Wildman–Crippen LogP) is 0.407. The van der Waals surface area contributed by atoms with Crippen LogP contribution in [-0.2, 0) is 4.79 Å². The summed E-state index contributed by atoms with van der Waals surface area (Å²) in [6, 6.07) is 0. The van der Waals surface area contributed by atoms with E-state index in [1.807, 2.05) is 7.05 Å². The number of hydrogen-bond acceptors (Lipinski definition) is 3. The minimum absolute atomic E-state index is 0.0170. The third kappa shape index (κ3) is 4.62. The van der Waals surface area contributed by atoms with Crippen molar-refractivity contribution < 1.29 is 9.90 Å². The Morgan fingerprint density at radius 2 is 2.00 bits per heavy atom. The van der Waals surface area contributed by atoms with Gasteiger partial charge in [0, 0.05) is 19.5 Å². The standard InChI is InChI=1S/C11H22N2O2/c1-12-8-5-10(14)13-9-11(15)6-3-2-4-7-11/h12,15H,2-9H2,1H3,(H,13,14). The van der Waals surface area contributed by atoms with Crippen molar-refractivity contribution in [3.63, 3.8) is 0 Å².